The van der Waals surface area contributed by atoms with Gasteiger partial charge in [0.1, 0.15) is 0 Å². The van der Waals surface area contributed by atoms with E-state index in [1.807, 2.05) is 37.3 Å². The molecule has 1 heterocycles. The molecule has 0 aromatic heterocycles. The van der Waals surface area contributed by atoms with Crippen molar-refractivity contribution in [3.8, 4) is 0 Å². The molecule has 0 radical (unpaired) electrons. The van der Waals surface area contributed by atoms with Crippen LogP contribution in [-0.2, 0) is 4.79 Å². The molecular formula is C19H24N2O. The van der Waals surface area contributed by atoms with Gasteiger partial charge in [0, 0.05) is 11.1 Å². The van der Waals surface area contributed by atoms with Crippen molar-refractivity contribution in [2.75, 3.05) is 6.54 Å². The predicted molar refractivity (Wildman–Crippen MR) is 89.4 cm³/mol. The molecule has 1 aliphatic heterocycles. The summed E-state index contributed by atoms with van der Waals surface area (Å²) in [6.07, 6.45) is 7.28. The quantitative estimate of drug-likeness (QED) is 0.899. The third-order valence-corrected chi connectivity index (χ3v) is 4.82. The average molecular weight is 296 g/mol. The number of fused-ring (bicyclic) bond motifs is 1. The molecule has 2 aliphatic rings. The van der Waals surface area contributed by atoms with Crippen LogP contribution in [0.4, 0.5) is 0 Å². The van der Waals surface area contributed by atoms with E-state index in [1.165, 1.54) is 5.57 Å². The van der Waals surface area contributed by atoms with Gasteiger partial charge in [0.2, 0.25) is 0 Å². The van der Waals surface area contributed by atoms with Crippen LogP contribution >= 0.6 is 0 Å². The first kappa shape index (κ1) is 15.0. The minimum atomic E-state index is 0.0193. The van der Waals surface area contributed by atoms with Crippen LogP contribution in [-0.4, -0.2) is 18.0 Å². The lowest BCUT2D eigenvalue weighted by Crippen LogP contribution is -2.48. The average Bonchev–Trinajstić information content (AvgIpc) is 2.54. The summed E-state index contributed by atoms with van der Waals surface area (Å²) < 4.78 is 0. The second-order valence-electron chi connectivity index (χ2n) is 6.50. The topological polar surface area (TPSA) is 41.1 Å². The lowest BCUT2D eigenvalue weighted by Gasteiger charge is -2.39. The Kier molecular flexibility index (Phi) is 4.16. The number of hydrogen-bond acceptors (Lipinski definition) is 2. The molecule has 1 amide bonds. The molecule has 0 spiro atoms. The molecule has 1 aromatic carbocycles. The maximum atomic E-state index is 12.5. The van der Waals surface area contributed by atoms with Crippen LogP contribution in [0, 0.1) is 0 Å². The highest BCUT2D eigenvalue weighted by Gasteiger charge is 2.33. The van der Waals surface area contributed by atoms with Crippen molar-refractivity contribution in [2.24, 2.45) is 0 Å². The van der Waals surface area contributed by atoms with Crippen molar-refractivity contribution in [1.29, 1.82) is 0 Å². The third-order valence-electron chi connectivity index (χ3n) is 4.82. The Bertz CT molecular complexity index is 618. The van der Waals surface area contributed by atoms with E-state index in [-0.39, 0.29) is 17.5 Å². The Balaban J connectivity index is 1.70. The highest BCUT2D eigenvalue weighted by atomic mass is 16.1. The normalized spacial score (nSPS) is 25.5. The highest BCUT2D eigenvalue weighted by molar-refractivity contribution is 5.97. The van der Waals surface area contributed by atoms with E-state index in [4.69, 9.17) is 0 Å². The summed E-state index contributed by atoms with van der Waals surface area (Å²) in [4.78, 5) is 12.5. The van der Waals surface area contributed by atoms with Gasteiger partial charge in [-0.2, -0.15) is 0 Å². The fraction of sp³-hybridized carbons (Fsp3) is 0.421. The molecule has 1 fully saturated rings. The first-order valence-electron chi connectivity index (χ1n) is 8.10. The SMILES string of the molecule is C[C@H](NC(=O)C1=CCC2(C)NCCCC2=C1)c1ccccc1. The van der Waals surface area contributed by atoms with Crippen molar-refractivity contribution < 1.29 is 4.79 Å². The number of carbonyl (C=O) groups is 1. The van der Waals surface area contributed by atoms with E-state index in [9.17, 15) is 4.79 Å². The molecule has 3 heteroatoms. The van der Waals surface area contributed by atoms with Gasteiger partial charge < -0.3 is 10.6 Å². The second kappa shape index (κ2) is 6.09. The highest BCUT2D eigenvalue weighted by Crippen LogP contribution is 2.33. The molecule has 0 bridgehead atoms. The molecule has 0 saturated carbocycles. The Labute approximate surface area is 132 Å². The van der Waals surface area contributed by atoms with Crippen molar-refractivity contribution in [3.05, 3.63) is 59.2 Å². The van der Waals surface area contributed by atoms with Crippen molar-refractivity contribution >= 4 is 5.91 Å². The summed E-state index contributed by atoms with van der Waals surface area (Å²) in [7, 11) is 0. The number of hydrogen-bond donors (Lipinski definition) is 2. The number of nitrogens with one attached hydrogen (secondary N) is 2. The maximum Gasteiger partial charge on any atom is 0.251 e. The summed E-state index contributed by atoms with van der Waals surface area (Å²) in [5.74, 6) is 0.0245. The predicted octanol–water partition coefficient (Wildman–Crippen LogP) is 3.26. The summed E-state index contributed by atoms with van der Waals surface area (Å²) in [6.45, 7) is 5.32. The van der Waals surface area contributed by atoms with Crippen LogP contribution in [0.25, 0.3) is 0 Å². The Morgan fingerprint density at radius 2 is 2.09 bits per heavy atom. The molecule has 1 saturated heterocycles. The molecule has 1 aliphatic carbocycles. The Morgan fingerprint density at radius 3 is 2.86 bits per heavy atom. The molecule has 2 N–H and O–H groups in total. The minimum Gasteiger partial charge on any atom is -0.346 e. The zero-order valence-electron chi connectivity index (χ0n) is 13.4. The smallest absolute Gasteiger partial charge is 0.251 e. The van der Waals surface area contributed by atoms with E-state index < -0.39 is 0 Å². The largest absolute Gasteiger partial charge is 0.346 e. The summed E-state index contributed by atoms with van der Waals surface area (Å²) in [6, 6.07) is 10.1. The van der Waals surface area contributed by atoms with Gasteiger partial charge >= 0.3 is 0 Å². The molecule has 1 unspecified atom stereocenters. The molecule has 2 atom stereocenters. The van der Waals surface area contributed by atoms with Crippen LogP contribution in [0.1, 0.15) is 44.7 Å². The van der Waals surface area contributed by atoms with Gasteiger partial charge in [-0.05, 0) is 56.9 Å². The lowest BCUT2D eigenvalue weighted by molar-refractivity contribution is -0.117. The van der Waals surface area contributed by atoms with Crippen LogP contribution in [0.15, 0.2) is 53.6 Å². The van der Waals surface area contributed by atoms with Crippen molar-refractivity contribution in [1.82, 2.24) is 10.6 Å². The molecule has 3 nitrogen and oxygen atoms in total. The maximum absolute atomic E-state index is 12.5. The molecule has 1 aromatic rings. The van der Waals surface area contributed by atoms with Gasteiger partial charge in [0.25, 0.3) is 5.91 Å². The first-order chi connectivity index (χ1) is 10.6. The zero-order valence-corrected chi connectivity index (χ0v) is 13.4. The van der Waals surface area contributed by atoms with E-state index in [2.05, 4.69) is 29.7 Å². The van der Waals surface area contributed by atoms with Gasteiger partial charge in [0.15, 0.2) is 0 Å². The number of carbonyl (C=O) groups excluding carboxylic acids is 1. The molecule has 3 rings (SSSR count). The number of amides is 1. The van der Waals surface area contributed by atoms with Crippen molar-refractivity contribution in [3.63, 3.8) is 0 Å². The van der Waals surface area contributed by atoms with Crippen LogP contribution in [0.2, 0.25) is 0 Å². The van der Waals surface area contributed by atoms with Gasteiger partial charge in [-0.1, -0.05) is 36.4 Å². The fourth-order valence-corrected chi connectivity index (χ4v) is 3.29. The van der Waals surface area contributed by atoms with E-state index in [1.54, 1.807) is 0 Å². The standard InChI is InChI=1S/C19H24N2O/c1-14(15-7-4-3-5-8-15)21-18(22)16-10-11-19(2)17(13-16)9-6-12-20-19/h3-5,7-8,10,13-14,20H,6,9,11-12H2,1-2H3,(H,21,22)/t14-,19?/m0/s1. The summed E-state index contributed by atoms with van der Waals surface area (Å²) in [5, 5.41) is 6.68. The fourth-order valence-electron chi connectivity index (χ4n) is 3.29. The van der Waals surface area contributed by atoms with Crippen LogP contribution in [0.3, 0.4) is 0 Å². The van der Waals surface area contributed by atoms with Crippen LogP contribution < -0.4 is 10.6 Å². The van der Waals surface area contributed by atoms with E-state index >= 15 is 0 Å². The van der Waals surface area contributed by atoms with Gasteiger partial charge in [0.05, 0.1) is 6.04 Å². The zero-order chi connectivity index (χ0) is 15.6. The molecular weight excluding hydrogens is 272 g/mol. The van der Waals surface area contributed by atoms with Gasteiger partial charge in [-0.3, -0.25) is 4.79 Å². The van der Waals surface area contributed by atoms with Gasteiger partial charge in [-0.15, -0.1) is 0 Å². The Morgan fingerprint density at radius 1 is 1.32 bits per heavy atom. The first-order valence-corrected chi connectivity index (χ1v) is 8.10. The summed E-state index contributed by atoms with van der Waals surface area (Å²) >= 11 is 0. The monoisotopic (exact) mass is 296 g/mol. The second-order valence-corrected chi connectivity index (χ2v) is 6.50. The van der Waals surface area contributed by atoms with Crippen LogP contribution in [0.5, 0.6) is 0 Å². The third kappa shape index (κ3) is 3.00. The number of rotatable bonds is 3. The van der Waals surface area contributed by atoms with Gasteiger partial charge in [-0.25, -0.2) is 0 Å². The number of benzene rings is 1. The number of piperidine rings is 1. The minimum absolute atomic E-state index is 0.0193. The molecule has 116 valence electrons. The van der Waals surface area contributed by atoms with E-state index in [0.29, 0.717) is 0 Å². The van der Waals surface area contributed by atoms with Crippen molar-refractivity contribution in [2.45, 2.75) is 44.7 Å². The summed E-state index contributed by atoms with van der Waals surface area (Å²) in [5.41, 5.74) is 3.34. The Hall–Kier alpha value is -1.87. The van der Waals surface area contributed by atoms with E-state index in [0.717, 1.165) is 36.9 Å². The molecule has 22 heavy (non-hydrogen) atoms. The lowest BCUT2D eigenvalue weighted by atomic mass is 9.78.